The highest BCUT2D eigenvalue weighted by Crippen LogP contribution is 2.49. The van der Waals surface area contributed by atoms with Crippen LogP contribution in [0, 0.1) is 18.3 Å². The largest absolute Gasteiger partial charge is 0.465 e. The summed E-state index contributed by atoms with van der Waals surface area (Å²) in [6, 6.07) is 4.08. The molecule has 0 saturated heterocycles. The van der Waals surface area contributed by atoms with Gasteiger partial charge >= 0.3 is 5.97 Å². The zero-order valence-electron chi connectivity index (χ0n) is 15.5. The highest BCUT2D eigenvalue weighted by molar-refractivity contribution is 7.12. The first-order valence-corrected chi connectivity index (χ1v) is 9.59. The molecule has 2 atom stereocenters. The molecule has 3 rings (SSSR count). The molecule has 0 amide bonds. The molecule has 1 aromatic heterocycles. The first kappa shape index (κ1) is 18.1. The summed E-state index contributed by atoms with van der Waals surface area (Å²) in [5, 5.41) is 0. The van der Waals surface area contributed by atoms with Crippen LogP contribution in [-0.2, 0) is 14.3 Å². The van der Waals surface area contributed by atoms with E-state index in [1.54, 1.807) is 18.3 Å². The van der Waals surface area contributed by atoms with Gasteiger partial charge in [0.05, 0.1) is 6.61 Å². The fraction of sp³-hybridized carbons (Fsp3) is 0.550. The maximum atomic E-state index is 13.0. The second-order valence-corrected chi connectivity index (χ2v) is 9.03. The van der Waals surface area contributed by atoms with Crippen LogP contribution in [0.15, 0.2) is 28.4 Å². The minimum Gasteiger partial charge on any atom is -0.465 e. The standard InChI is InChI=1S/C20H25NO3S/c1-6-24-19(23)16-12(3)21-13-9-20(4,5)10-14(22)17(13)18(16)15-8-7-11(2)25-15/h7-8,16,18H,6,9-10H2,1-5H3/t16?,18-/m1/s1. The van der Waals surface area contributed by atoms with Gasteiger partial charge < -0.3 is 4.74 Å². The van der Waals surface area contributed by atoms with Gasteiger partial charge in [0, 0.05) is 39.1 Å². The van der Waals surface area contributed by atoms with Gasteiger partial charge in [-0.3, -0.25) is 14.6 Å². The molecule has 1 aliphatic carbocycles. The summed E-state index contributed by atoms with van der Waals surface area (Å²) in [6.07, 6.45) is 1.26. The van der Waals surface area contributed by atoms with Crippen molar-refractivity contribution in [2.24, 2.45) is 16.3 Å². The van der Waals surface area contributed by atoms with E-state index in [-0.39, 0.29) is 23.1 Å². The predicted molar refractivity (Wildman–Crippen MR) is 100 cm³/mol. The maximum Gasteiger partial charge on any atom is 0.315 e. The number of Topliss-reactive ketones (excluding diaryl/α,β-unsaturated/α-hetero) is 1. The van der Waals surface area contributed by atoms with Crippen molar-refractivity contribution < 1.29 is 14.3 Å². The summed E-state index contributed by atoms with van der Waals surface area (Å²) < 4.78 is 5.32. The van der Waals surface area contributed by atoms with Crippen LogP contribution in [0.25, 0.3) is 0 Å². The first-order chi connectivity index (χ1) is 11.7. The van der Waals surface area contributed by atoms with E-state index in [1.807, 2.05) is 26.0 Å². The SMILES string of the molecule is CCOC(=O)C1C(C)=NC2=C(C(=O)CC(C)(C)C2)[C@@H]1c1ccc(C)s1. The summed E-state index contributed by atoms with van der Waals surface area (Å²) in [4.78, 5) is 32.6. The van der Waals surface area contributed by atoms with Crippen LogP contribution in [0.1, 0.15) is 56.2 Å². The molecule has 4 nitrogen and oxygen atoms in total. The predicted octanol–water partition coefficient (Wildman–Crippen LogP) is 4.44. The zero-order valence-corrected chi connectivity index (χ0v) is 16.3. The van der Waals surface area contributed by atoms with E-state index in [0.29, 0.717) is 13.0 Å². The third kappa shape index (κ3) is 3.34. The van der Waals surface area contributed by atoms with Crippen LogP contribution >= 0.6 is 11.3 Å². The molecule has 5 heteroatoms. The molecule has 1 aliphatic heterocycles. The van der Waals surface area contributed by atoms with Crippen molar-refractivity contribution in [1.82, 2.24) is 0 Å². The summed E-state index contributed by atoms with van der Waals surface area (Å²) in [7, 11) is 0. The van der Waals surface area contributed by atoms with Crippen molar-refractivity contribution in [2.45, 2.75) is 53.4 Å². The molecule has 2 aliphatic rings. The Morgan fingerprint density at radius 3 is 2.64 bits per heavy atom. The van der Waals surface area contributed by atoms with Crippen LogP contribution < -0.4 is 0 Å². The van der Waals surface area contributed by atoms with Crippen LogP contribution in [0.4, 0.5) is 0 Å². The molecule has 25 heavy (non-hydrogen) atoms. The smallest absolute Gasteiger partial charge is 0.315 e. The first-order valence-electron chi connectivity index (χ1n) is 8.78. The average molecular weight is 359 g/mol. The number of esters is 1. The number of ketones is 1. The van der Waals surface area contributed by atoms with Crippen molar-refractivity contribution in [3.8, 4) is 0 Å². The highest BCUT2D eigenvalue weighted by Gasteiger charge is 2.46. The Labute approximate surface area is 153 Å². The van der Waals surface area contributed by atoms with Crippen LogP contribution in [-0.4, -0.2) is 24.1 Å². The van der Waals surface area contributed by atoms with E-state index in [0.717, 1.165) is 28.3 Å². The van der Waals surface area contributed by atoms with Crippen molar-refractivity contribution in [3.05, 3.63) is 33.2 Å². The van der Waals surface area contributed by atoms with E-state index in [2.05, 4.69) is 13.8 Å². The monoisotopic (exact) mass is 359 g/mol. The number of carbonyl (C=O) groups excluding carboxylic acids is 2. The summed E-state index contributed by atoms with van der Waals surface area (Å²) in [5.41, 5.74) is 2.24. The number of allylic oxidation sites excluding steroid dienone is 2. The van der Waals surface area contributed by atoms with Gasteiger partial charge in [0.2, 0.25) is 0 Å². The second kappa shape index (κ2) is 6.52. The van der Waals surface area contributed by atoms with Gasteiger partial charge in [-0.05, 0) is 44.7 Å². The molecule has 134 valence electrons. The average Bonchev–Trinajstić information content (AvgIpc) is 2.90. The number of thiophene rings is 1. The molecule has 0 radical (unpaired) electrons. The Morgan fingerprint density at radius 1 is 1.32 bits per heavy atom. The number of nitrogens with zero attached hydrogens (tertiary/aromatic N) is 1. The highest BCUT2D eigenvalue weighted by atomic mass is 32.1. The summed E-state index contributed by atoms with van der Waals surface area (Å²) in [5.74, 6) is -0.951. The van der Waals surface area contributed by atoms with Crippen molar-refractivity contribution in [3.63, 3.8) is 0 Å². The van der Waals surface area contributed by atoms with Crippen molar-refractivity contribution in [2.75, 3.05) is 6.61 Å². The van der Waals surface area contributed by atoms with Gasteiger partial charge in [-0.2, -0.15) is 0 Å². The lowest BCUT2D eigenvalue weighted by molar-refractivity contribution is -0.146. The van der Waals surface area contributed by atoms with Crippen LogP contribution in [0.5, 0.6) is 0 Å². The third-order valence-electron chi connectivity index (χ3n) is 4.91. The van der Waals surface area contributed by atoms with Gasteiger partial charge in [0.1, 0.15) is 5.92 Å². The van der Waals surface area contributed by atoms with E-state index < -0.39 is 5.92 Å². The van der Waals surface area contributed by atoms with Crippen LogP contribution in [0.2, 0.25) is 0 Å². The number of hydrogen-bond acceptors (Lipinski definition) is 5. The van der Waals surface area contributed by atoms with Gasteiger partial charge in [-0.1, -0.05) is 13.8 Å². The molecule has 0 fully saturated rings. The molecule has 0 spiro atoms. The molecule has 2 heterocycles. The Hall–Kier alpha value is -1.75. The Balaban J connectivity index is 2.15. The van der Waals surface area contributed by atoms with E-state index >= 15 is 0 Å². The molecule has 0 N–H and O–H groups in total. The number of carbonyl (C=O) groups is 2. The number of ether oxygens (including phenoxy) is 1. The lowest BCUT2D eigenvalue weighted by Crippen LogP contribution is -2.39. The zero-order chi connectivity index (χ0) is 18.4. The van der Waals surface area contributed by atoms with E-state index in [4.69, 9.17) is 9.73 Å². The van der Waals surface area contributed by atoms with Crippen molar-refractivity contribution in [1.29, 1.82) is 0 Å². The molecule has 1 aromatic rings. The molecular weight excluding hydrogens is 334 g/mol. The topological polar surface area (TPSA) is 55.7 Å². The van der Waals surface area contributed by atoms with Gasteiger partial charge in [0.25, 0.3) is 0 Å². The molecular formula is C20H25NO3S. The fourth-order valence-corrected chi connectivity index (χ4v) is 4.94. The molecule has 0 bridgehead atoms. The number of aryl methyl sites for hydroxylation is 1. The second-order valence-electron chi connectivity index (χ2n) is 7.71. The lowest BCUT2D eigenvalue weighted by atomic mass is 9.68. The maximum absolute atomic E-state index is 13.0. The van der Waals surface area contributed by atoms with Gasteiger partial charge in [-0.15, -0.1) is 11.3 Å². The quantitative estimate of drug-likeness (QED) is 0.750. The fourth-order valence-electron chi connectivity index (χ4n) is 3.91. The Morgan fingerprint density at radius 2 is 2.04 bits per heavy atom. The van der Waals surface area contributed by atoms with E-state index in [1.165, 1.54) is 4.88 Å². The van der Waals surface area contributed by atoms with Gasteiger partial charge in [0.15, 0.2) is 5.78 Å². The normalized spacial score (nSPS) is 25.5. The minimum absolute atomic E-state index is 0.0909. The Bertz CT molecular complexity index is 785. The van der Waals surface area contributed by atoms with Crippen LogP contribution in [0.3, 0.4) is 0 Å². The van der Waals surface area contributed by atoms with Crippen molar-refractivity contribution >= 4 is 28.8 Å². The summed E-state index contributed by atoms with van der Waals surface area (Å²) >= 11 is 1.64. The number of rotatable bonds is 3. The molecule has 0 aromatic carbocycles. The lowest BCUT2D eigenvalue weighted by Gasteiger charge is -2.38. The number of hydrogen-bond donors (Lipinski definition) is 0. The van der Waals surface area contributed by atoms with E-state index in [9.17, 15) is 9.59 Å². The Kier molecular flexibility index (Phi) is 4.71. The summed E-state index contributed by atoms with van der Waals surface area (Å²) in [6.45, 7) is 10.2. The molecule has 0 saturated carbocycles. The number of aliphatic imine (C=N–C) groups is 1. The third-order valence-corrected chi connectivity index (χ3v) is 5.99. The molecule has 1 unspecified atom stereocenters. The minimum atomic E-state index is -0.512. The van der Waals surface area contributed by atoms with Gasteiger partial charge in [-0.25, -0.2) is 0 Å².